The van der Waals surface area contributed by atoms with E-state index in [1.807, 2.05) is 24.3 Å². The molecule has 2 aliphatic heterocycles. The molecule has 0 unspecified atom stereocenters. The van der Waals surface area contributed by atoms with Gasteiger partial charge in [0.1, 0.15) is 5.75 Å². The predicted molar refractivity (Wildman–Crippen MR) is 101 cm³/mol. The van der Waals surface area contributed by atoms with Crippen LogP contribution in [0.25, 0.3) is 10.8 Å². The normalized spacial score (nSPS) is 20.4. The number of benzene rings is 2. The Morgan fingerprint density at radius 3 is 2.68 bits per heavy atom. The van der Waals surface area contributed by atoms with Gasteiger partial charge in [-0.3, -0.25) is 0 Å². The Bertz CT molecular complexity index is 803. The van der Waals surface area contributed by atoms with E-state index in [9.17, 15) is 4.79 Å². The molecule has 1 N–H and O–H groups in total. The van der Waals surface area contributed by atoms with Crippen molar-refractivity contribution in [3.05, 3.63) is 35.9 Å². The summed E-state index contributed by atoms with van der Waals surface area (Å²) >= 11 is 0. The fourth-order valence-corrected chi connectivity index (χ4v) is 3.72. The zero-order chi connectivity index (χ0) is 17.4. The van der Waals surface area contributed by atoms with E-state index in [0.717, 1.165) is 36.1 Å². The van der Waals surface area contributed by atoms with Gasteiger partial charge in [0, 0.05) is 49.9 Å². The van der Waals surface area contributed by atoms with Gasteiger partial charge in [0.05, 0.1) is 7.85 Å². The number of ether oxygens (including phenoxy) is 1. The molecule has 0 aliphatic carbocycles. The van der Waals surface area contributed by atoms with Gasteiger partial charge in [0.2, 0.25) is 0 Å². The summed E-state index contributed by atoms with van der Waals surface area (Å²) < 4.78 is 5.79. The molecule has 2 aliphatic rings. The van der Waals surface area contributed by atoms with Crippen molar-refractivity contribution in [1.29, 1.82) is 0 Å². The number of piperazine rings is 1. The van der Waals surface area contributed by atoms with E-state index in [-0.39, 0.29) is 6.09 Å². The molecule has 0 aromatic heterocycles. The van der Waals surface area contributed by atoms with Gasteiger partial charge in [0.25, 0.3) is 0 Å². The second-order valence-corrected chi connectivity index (χ2v) is 6.85. The highest BCUT2D eigenvalue weighted by atomic mass is 16.6. The van der Waals surface area contributed by atoms with Crippen LogP contribution in [0.5, 0.6) is 5.75 Å². The minimum Gasteiger partial charge on any atom is -0.409 e. The molecule has 1 amide bonds. The fourth-order valence-electron chi connectivity index (χ4n) is 3.72. The maximum atomic E-state index is 12.6. The first kappa shape index (κ1) is 16.3. The van der Waals surface area contributed by atoms with Crippen LogP contribution in [-0.2, 0) is 0 Å². The summed E-state index contributed by atoms with van der Waals surface area (Å²) in [5, 5.41) is 5.48. The second-order valence-electron chi connectivity index (χ2n) is 6.85. The van der Waals surface area contributed by atoms with Gasteiger partial charge < -0.3 is 19.9 Å². The quantitative estimate of drug-likeness (QED) is 0.857. The van der Waals surface area contributed by atoms with Crippen molar-refractivity contribution < 1.29 is 9.53 Å². The number of nitrogens with one attached hydrogen (secondary N) is 1. The highest BCUT2D eigenvalue weighted by Gasteiger charge is 2.26. The molecule has 4 rings (SSSR count). The summed E-state index contributed by atoms with van der Waals surface area (Å²) in [4.78, 5) is 16.6. The first-order valence-corrected chi connectivity index (χ1v) is 8.82. The molecule has 128 valence electrons. The summed E-state index contributed by atoms with van der Waals surface area (Å²) in [5.74, 6) is 0.908. The lowest BCUT2D eigenvalue weighted by Crippen LogP contribution is -2.48. The monoisotopic (exact) mass is 335 g/mol. The predicted octanol–water partition coefficient (Wildman–Crippen LogP) is 2.68. The molecule has 2 aromatic rings. The lowest BCUT2D eigenvalue weighted by molar-refractivity contribution is 0.121. The third-order valence-corrected chi connectivity index (χ3v) is 5.24. The first-order valence-electron chi connectivity index (χ1n) is 8.82. The number of rotatable bonds is 2. The number of carbonyl (C=O) groups excluding carboxylic acids is 1. The van der Waals surface area contributed by atoms with Crippen LogP contribution in [-0.4, -0.2) is 63.5 Å². The molecule has 2 aromatic carbocycles. The molecular weight excluding hydrogens is 313 g/mol. The number of hydrogen-bond donors (Lipinski definition) is 1. The van der Waals surface area contributed by atoms with Crippen LogP contribution in [0.1, 0.15) is 11.5 Å². The van der Waals surface area contributed by atoms with Gasteiger partial charge in [-0.2, -0.15) is 0 Å². The van der Waals surface area contributed by atoms with E-state index in [2.05, 4.69) is 23.3 Å². The van der Waals surface area contributed by atoms with E-state index in [1.54, 1.807) is 4.90 Å². The van der Waals surface area contributed by atoms with Crippen LogP contribution >= 0.6 is 0 Å². The largest absolute Gasteiger partial charge is 0.415 e. The molecule has 2 radical (unpaired) electrons. The van der Waals surface area contributed by atoms with Gasteiger partial charge in [-0.25, -0.2) is 4.79 Å². The van der Waals surface area contributed by atoms with Gasteiger partial charge in [-0.15, -0.1) is 0 Å². The average molecular weight is 335 g/mol. The van der Waals surface area contributed by atoms with Crippen LogP contribution in [0.3, 0.4) is 0 Å². The maximum Gasteiger partial charge on any atom is 0.415 e. The van der Waals surface area contributed by atoms with Crippen molar-refractivity contribution in [2.45, 2.75) is 12.2 Å². The van der Waals surface area contributed by atoms with E-state index < -0.39 is 0 Å². The number of amides is 1. The van der Waals surface area contributed by atoms with Crippen molar-refractivity contribution in [3.8, 4) is 5.75 Å². The average Bonchev–Trinajstić information content (AvgIpc) is 3.05. The number of likely N-dealkylation sites (N-methyl/N-ethyl adjacent to an activating group) is 1. The topological polar surface area (TPSA) is 44.8 Å². The Hall–Kier alpha value is -2.21. The number of hydrogen-bond acceptors (Lipinski definition) is 4. The van der Waals surface area contributed by atoms with E-state index >= 15 is 0 Å². The van der Waals surface area contributed by atoms with Crippen LogP contribution < -0.4 is 10.1 Å². The summed E-state index contributed by atoms with van der Waals surface area (Å²) in [5.41, 5.74) is 2.26. The molecule has 1 saturated heterocycles. The summed E-state index contributed by atoms with van der Waals surface area (Å²) in [7, 11) is 8.00. The van der Waals surface area contributed by atoms with E-state index in [0.29, 0.717) is 31.1 Å². The maximum absolute atomic E-state index is 12.6. The van der Waals surface area contributed by atoms with Crippen molar-refractivity contribution in [2.24, 2.45) is 0 Å². The van der Waals surface area contributed by atoms with Crippen molar-refractivity contribution in [2.75, 3.05) is 45.1 Å². The lowest BCUT2D eigenvalue weighted by Gasteiger charge is -2.31. The Kier molecular flexibility index (Phi) is 4.29. The van der Waals surface area contributed by atoms with Gasteiger partial charge >= 0.3 is 6.09 Å². The highest BCUT2D eigenvalue weighted by Crippen LogP contribution is 2.43. The Labute approximate surface area is 149 Å². The lowest BCUT2D eigenvalue weighted by atomic mass is 9.85. The Morgan fingerprint density at radius 2 is 1.96 bits per heavy atom. The molecule has 0 spiro atoms. The van der Waals surface area contributed by atoms with Crippen LogP contribution in [0.15, 0.2) is 30.3 Å². The molecule has 1 fully saturated rings. The molecule has 2 heterocycles. The first-order chi connectivity index (χ1) is 12.2. The van der Waals surface area contributed by atoms with E-state index in [1.165, 1.54) is 5.56 Å². The zero-order valence-corrected chi connectivity index (χ0v) is 14.5. The Balaban J connectivity index is 1.67. The SMILES string of the molecule is [B]C[C@@H]1CNc2cc(OC(=O)N3CCN(C)CC3)c3ccccc3c21. The molecule has 0 bridgehead atoms. The molecule has 1 atom stereocenters. The number of anilines is 1. The van der Waals surface area contributed by atoms with Crippen molar-refractivity contribution in [1.82, 2.24) is 9.80 Å². The molecular formula is C19H22BN3O2. The Morgan fingerprint density at radius 1 is 1.24 bits per heavy atom. The summed E-state index contributed by atoms with van der Waals surface area (Å²) in [6.07, 6.45) is 0.330. The molecule has 6 heteroatoms. The standard InChI is InChI=1S/C19H22BN3O2/c1-22-6-8-23(9-7-22)19(24)25-17-10-16-18(13(11-20)12-21-16)15-5-3-2-4-14(15)17/h2-5,10,13,21H,6-9,11-12H2,1H3/t13-/m1/s1. The van der Waals surface area contributed by atoms with Crippen molar-refractivity contribution >= 4 is 30.4 Å². The van der Waals surface area contributed by atoms with Crippen LogP contribution in [0, 0.1) is 0 Å². The summed E-state index contributed by atoms with van der Waals surface area (Å²) in [6, 6.07) is 10.0. The van der Waals surface area contributed by atoms with Crippen molar-refractivity contribution in [3.63, 3.8) is 0 Å². The smallest absolute Gasteiger partial charge is 0.409 e. The number of carbonyl (C=O) groups is 1. The minimum atomic E-state index is -0.272. The van der Waals surface area contributed by atoms with E-state index in [4.69, 9.17) is 12.6 Å². The summed E-state index contributed by atoms with van der Waals surface area (Å²) in [6.45, 7) is 3.97. The fraction of sp³-hybridized carbons (Fsp3) is 0.421. The molecule has 25 heavy (non-hydrogen) atoms. The minimum absolute atomic E-state index is 0.272. The third kappa shape index (κ3) is 2.95. The van der Waals surface area contributed by atoms with Gasteiger partial charge in [-0.1, -0.05) is 30.6 Å². The van der Waals surface area contributed by atoms with Crippen LogP contribution in [0.2, 0.25) is 6.32 Å². The second kappa shape index (κ2) is 6.60. The number of nitrogens with zero attached hydrogens (tertiary/aromatic N) is 2. The zero-order valence-electron chi connectivity index (χ0n) is 14.5. The molecule has 5 nitrogen and oxygen atoms in total. The third-order valence-electron chi connectivity index (χ3n) is 5.24. The van der Waals surface area contributed by atoms with Gasteiger partial charge in [0.15, 0.2) is 0 Å². The van der Waals surface area contributed by atoms with Gasteiger partial charge in [-0.05, 0) is 23.9 Å². The molecule has 0 saturated carbocycles. The number of fused-ring (bicyclic) bond motifs is 3. The van der Waals surface area contributed by atoms with Crippen LogP contribution in [0.4, 0.5) is 10.5 Å². The highest BCUT2D eigenvalue weighted by molar-refractivity contribution is 6.10.